The molecule has 0 aromatic heterocycles. The first-order chi connectivity index (χ1) is 6.93. The molecule has 1 atom stereocenters. The van der Waals surface area contributed by atoms with Crippen LogP contribution in [0, 0.1) is 0 Å². The van der Waals surface area contributed by atoms with Crippen molar-refractivity contribution in [3.8, 4) is 0 Å². The molecule has 0 saturated heterocycles. The lowest BCUT2D eigenvalue weighted by atomic mass is 10.2. The number of carboxylic acid groups (broad SMARTS) is 1. The van der Waals surface area contributed by atoms with E-state index in [-0.39, 0.29) is 18.8 Å². The summed E-state index contributed by atoms with van der Waals surface area (Å²) < 4.78 is 29.0. The number of aliphatic carboxylic acids is 1. The fourth-order valence-electron chi connectivity index (χ4n) is 0.831. The highest BCUT2D eigenvalue weighted by Gasteiger charge is 2.22. The van der Waals surface area contributed by atoms with Crippen molar-refractivity contribution in [3.05, 3.63) is 0 Å². The van der Waals surface area contributed by atoms with Gasteiger partial charge in [-0.15, -0.1) is 0 Å². The van der Waals surface area contributed by atoms with E-state index in [0.717, 1.165) is 0 Å². The molecular weight excluding hydrogens is 226 g/mol. The van der Waals surface area contributed by atoms with E-state index in [1.807, 2.05) is 4.72 Å². The maximum absolute atomic E-state index is 11.2. The first-order valence-corrected chi connectivity index (χ1v) is 5.90. The van der Waals surface area contributed by atoms with Gasteiger partial charge < -0.3 is 14.9 Å². The molecule has 8 heteroatoms. The van der Waals surface area contributed by atoms with Crippen LogP contribution in [-0.2, 0) is 19.6 Å². The topological polar surface area (TPSA) is 113 Å². The van der Waals surface area contributed by atoms with E-state index < -0.39 is 28.6 Å². The Morgan fingerprint density at radius 2 is 2.13 bits per heavy atom. The Hall–Kier alpha value is -0.700. The smallest absolute Gasteiger partial charge is 0.321 e. The molecule has 0 bridgehead atoms. The summed E-state index contributed by atoms with van der Waals surface area (Å²) >= 11 is 0. The zero-order valence-corrected chi connectivity index (χ0v) is 9.16. The van der Waals surface area contributed by atoms with Gasteiger partial charge in [0.05, 0.1) is 12.4 Å². The first kappa shape index (κ1) is 14.3. The SMILES string of the molecule is COCCS(=O)(=O)NC(CCO)C(=O)O. The minimum atomic E-state index is -3.68. The Bertz CT molecular complexity index is 288. The first-order valence-electron chi connectivity index (χ1n) is 4.25. The van der Waals surface area contributed by atoms with Gasteiger partial charge >= 0.3 is 5.97 Å². The molecule has 0 heterocycles. The molecule has 0 fully saturated rings. The van der Waals surface area contributed by atoms with Crippen molar-refractivity contribution >= 4 is 16.0 Å². The fourth-order valence-corrected chi connectivity index (χ4v) is 1.99. The van der Waals surface area contributed by atoms with Gasteiger partial charge in [0.2, 0.25) is 10.0 Å². The predicted octanol–water partition coefficient (Wildman–Crippen LogP) is -1.61. The molecule has 0 aliphatic heterocycles. The van der Waals surface area contributed by atoms with E-state index in [4.69, 9.17) is 10.2 Å². The summed E-state index contributed by atoms with van der Waals surface area (Å²) in [6, 6.07) is -1.29. The standard InChI is InChI=1S/C7H15NO6S/c1-14-4-5-15(12,13)8-6(2-3-9)7(10)11/h6,8-9H,2-5H2,1H3,(H,10,11). The van der Waals surface area contributed by atoms with E-state index in [1.165, 1.54) is 7.11 Å². The summed E-state index contributed by atoms with van der Waals surface area (Å²) in [5.74, 6) is -1.62. The Kier molecular flexibility index (Phi) is 6.41. The zero-order valence-electron chi connectivity index (χ0n) is 8.34. The number of sulfonamides is 1. The van der Waals surface area contributed by atoms with Crippen LogP contribution in [0.5, 0.6) is 0 Å². The molecule has 0 saturated carbocycles. The molecule has 1 unspecified atom stereocenters. The van der Waals surface area contributed by atoms with Crippen LogP contribution in [0.2, 0.25) is 0 Å². The third kappa shape index (κ3) is 6.39. The van der Waals surface area contributed by atoms with Crippen molar-refractivity contribution in [2.24, 2.45) is 0 Å². The molecule has 90 valence electrons. The second kappa shape index (κ2) is 6.72. The number of carbonyl (C=O) groups is 1. The van der Waals surface area contributed by atoms with Crippen LogP contribution in [0.1, 0.15) is 6.42 Å². The van der Waals surface area contributed by atoms with Gasteiger partial charge in [-0.1, -0.05) is 0 Å². The molecule has 3 N–H and O–H groups in total. The number of nitrogens with one attached hydrogen (secondary N) is 1. The van der Waals surface area contributed by atoms with Crippen molar-refractivity contribution in [2.75, 3.05) is 26.1 Å². The second-order valence-electron chi connectivity index (χ2n) is 2.83. The third-order valence-electron chi connectivity index (χ3n) is 1.59. The van der Waals surface area contributed by atoms with Crippen molar-refractivity contribution in [3.63, 3.8) is 0 Å². The minimum absolute atomic E-state index is 0.0131. The molecule has 0 spiro atoms. The average molecular weight is 241 g/mol. The maximum Gasteiger partial charge on any atom is 0.321 e. The van der Waals surface area contributed by atoms with Gasteiger partial charge in [0, 0.05) is 13.7 Å². The van der Waals surface area contributed by atoms with Gasteiger partial charge in [0.1, 0.15) is 6.04 Å². The number of ether oxygens (including phenoxy) is 1. The highest BCUT2D eigenvalue weighted by molar-refractivity contribution is 7.89. The number of carboxylic acids is 1. The summed E-state index contributed by atoms with van der Waals surface area (Å²) in [4.78, 5) is 10.6. The van der Waals surface area contributed by atoms with Crippen molar-refractivity contribution in [2.45, 2.75) is 12.5 Å². The monoisotopic (exact) mass is 241 g/mol. The van der Waals surface area contributed by atoms with Crippen LogP contribution < -0.4 is 4.72 Å². The molecule has 0 rings (SSSR count). The van der Waals surface area contributed by atoms with Crippen molar-refractivity contribution < 1.29 is 28.2 Å². The number of rotatable bonds is 8. The second-order valence-corrected chi connectivity index (χ2v) is 4.71. The molecule has 0 radical (unpaired) electrons. The van der Waals surface area contributed by atoms with Gasteiger partial charge in [-0.25, -0.2) is 13.1 Å². The van der Waals surface area contributed by atoms with E-state index in [1.54, 1.807) is 0 Å². The van der Waals surface area contributed by atoms with E-state index in [2.05, 4.69) is 4.74 Å². The highest BCUT2D eigenvalue weighted by Crippen LogP contribution is 1.96. The molecule has 0 aromatic carbocycles. The average Bonchev–Trinajstić information content (AvgIpc) is 2.14. The Balaban J connectivity index is 4.32. The van der Waals surface area contributed by atoms with E-state index in [0.29, 0.717) is 0 Å². The maximum atomic E-state index is 11.2. The van der Waals surface area contributed by atoms with Crippen LogP contribution in [-0.4, -0.2) is 56.7 Å². The van der Waals surface area contributed by atoms with Gasteiger partial charge in [0.15, 0.2) is 0 Å². The van der Waals surface area contributed by atoms with Gasteiger partial charge in [0.25, 0.3) is 0 Å². The molecular formula is C7H15NO6S. The molecule has 15 heavy (non-hydrogen) atoms. The van der Waals surface area contributed by atoms with E-state index in [9.17, 15) is 13.2 Å². The predicted molar refractivity (Wildman–Crippen MR) is 51.9 cm³/mol. The Morgan fingerprint density at radius 3 is 2.53 bits per heavy atom. The fraction of sp³-hybridized carbons (Fsp3) is 0.857. The van der Waals surface area contributed by atoms with Gasteiger partial charge in [-0.2, -0.15) is 0 Å². The van der Waals surface area contributed by atoms with Crippen LogP contribution in [0.25, 0.3) is 0 Å². The molecule has 0 aliphatic rings. The van der Waals surface area contributed by atoms with Crippen molar-refractivity contribution in [1.82, 2.24) is 4.72 Å². The van der Waals surface area contributed by atoms with Crippen LogP contribution >= 0.6 is 0 Å². The summed E-state index contributed by atoms with van der Waals surface area (Å²) in [6.45, 7) is -0.412. The van der Waals surface area contributed by atoms with Crippen molar-refractivity contribution in [1.29, 1.82) is 0 Å². The molecule has 0 amide bonds. The van der Waals surface area contributed by atoms with Crippen LogP contribution in [0.15, 0.2) is 0 Å². The highest BCUT2D eigenvalue weighted by atomic mass is 32.2. The quantitative estimate of drug-likeness (QED) is 0.471. The Morgan fingerprint density at radius 1 is 1.53 bits per heavy atom. The van der Waals surface area contributed by atoms with Crippen LogP contribution in [0.4, 0.5) is 0 Å². The largest absolute Gasteiger partial charge is 0.480 e. The zero-order chi connectivity index (χ0) is 11.9. The van der Waals surface area contributed by atoms with E-state index >= 15 is 0 Å². The number of aliphatic hydroxyl groups excluding tert-OH is 1. The summed E-state index contributed by atoms with van der Waals surface area (Å²) in [6.07, 6.45) is -0.165. The number of methoxy groups -OCH3 is 1. The number of aliphatic hydroxyl groups is 1. The number of hydrogen-bond donors (Lipinski definition) is 3. The summed E-state index contributed by atoms with van der Waals surface area (Å²) in [7, 11) is -2.33. The Labute approximate surface area is 88.1 Å². The lowest BCUT2D eigenvalue weighted by Gasteiger charge is -2.13. The molecule has 0 aromatic rings. The normalized spacial score (nSPS) is 13.7. The third-order valence-corrected chi connectivity index (χ3v) is 2.94. The lowest BCUT2D eigenvalue weighted by Crippen LogP contribution is -2.42. The van der Waals surface area contributed by atoms with Crippen LogP contribution in [0.3, 0.4) is 0 Å². The van der Waals surface area contributed by atoms with Gasteiger partial charge in [-0.3, -0.25) is 4.79 Å². The van der Waals surface area contributed by atoms with Gasteiger partial charge in [-0.05, 0) is 6.42 Å². The minimum Gasteiger partial charge on any atom is -0.480 e. The lowest BCUT2D eigenvalue weighted by molar-refractivity contribution is -0.139. The molecule has 7 nitrogen and oxygen atoms in total. The molecule has 0 aliphatic carbocycles. The summed E-state index contributed by atoms with van der Waals surface area (Å²) in [5, 5.41) is 17.2. The number of hydrogen-bond acceptors (Lipinski definition) is 5. The summed E-state index contributed by atoms with van der Waals surface area (Å²) in [5.41, 5.74) is 0.